The largest absolute Gasteiger partial charge is 0.313 e. The summed E-state index contributed by atoms with van der Waals surface area (Å²) in [6.45, 7) is 1.95. The fraction of sp³-hybridized carbons (Fsp3) is 0.857. The van der Waals surface area contributed by atoms with E-state index in [0.29, 0.717) is 0 Å². The number of rotatable bonds is 1. The van der Waals surface area contributed by atoms with Crippen molar-refractivity contribution in [3.05, 3.63) is 0 Å². The number of carbonyl (C=O) groups is 1. The van der Waals surface area contributed by atoms with Crippen molar-refractivity contribution < 1.29 is 4.79 Å². The molecule has 1 rings (SSSR count). The summed E-state index contributed by atoms with van der Waals surface area (Å²) >= 11 is 0. The fourth-order valence-electron chi connectivity index (χ4n) is 1.35. The molecule has 0 aromatic rings. The van der Waals surface area contributed by atoms with E-state index in [1.807, 2.05) is 18.9 Å². The maximum Gasteiger partial charge on any atom is 0.137 e. The number of likely N-dealkylation sites (tertiary alicyclic amines) is 1. The second-order valence-corrected chi connectivity index (χ2v) is 3.21. The molecule has 1 fully saturated rings. The third-order valence-electron chi connectivity index (χ3n) is 2.41. The molecule has 0 amide bonds. The normalized spacial score (nSPS) is 42.1. The number of aldehydes is 1. The maximum absolute atomic E-state index is 10.4. The van der Waals surface area contributed by atoms with Crippen molar-refractivity contribution in [2.75, 3.05) is 7.05 Å². The standard InChI is InChI=1S/C7H14N2O/c1-7(8)4-3-6(5-10)9(7)2/h5-6H,3-4,8H2,1-2H3. The van der Waals surface area contributed by atoms with Crippen LogP contribution >= 0.6 is 0 Å². The molecule has 0 saturated carbocycles. The Morgan fingerprint density at radius 3 is 2.60 bits per heavy atom. The lowest BCUT2D eigenvalue weighted by Crippen LogP contribution is -2.49. The van der Waals surface area contributed by atoms with Crippen LogP contribution in [0.2, 0.25) is 0 Å². The zero-order chi connectivity index (χ0) is 7.78. The zero-order valence-corrected chi connectivity index (χ0v) is 6.50. The van der Waals surface area contributed by atoms with Gasteiger partial charge in [-0.15, -0.1) is 0 Å². The molecular weight excluding hydrogens is 128 g/mol. The molecule has 1 saturated heterocycles. The third kappa shape index (κ3) is 1.07. The highest BCUT2D eigenvalue weighted by atomic mass is 16.1. The van der Waals surface area contributed by atoms with Crippen molar-refractivity contribution in [2.45, 2.75) is 31.5 Å². The van der Waals surface area contributed by atoms with Crippen LogP contribution in [0.1, 0.15) is 19.8 Å². The van der Waals surface area contributed by atoms with Crippen molar-refractivity contribution in [2.24, 2.45) is 5.73 Å². The van der Waals surface area contributed by atoms with Gasteiger partial charge in [0.05, 0.1) is 11.7 Å². The lowest BCUT2D eigenvalue weighted by Gasteiger charge is -2.29. The summed E-state index contributed by atoms with van der Waals surface area (Å²) in [4.78, 5) is 12.3. The second kappa shape index (κ2) is 2.32. The SMILES string of the molecule is CN1C(C=O)CCC1(C)N. The molecule has 0 aromatic carbocycles. The summed E-state index contributed by atoms with van der Waals surface area (Å²) < 4.78 is 0. The summed E-state index contributed by atoms with van der Waals surface area (Å²) in [6.07, 6.45) is 2.78. The molecule has 1 heterocycles. The highest BCUT2D eigenvalue weighted by Gasteiger charge is 2.36. The van der Waals surface area contributed by atoms with E-state index in [-0.39, 0.29) is 11.7 Å². The van der Waals surface area contributed by atoms with Crippen molar-refractivity contribution in [1.29, 1.82) is 0 Å². The quantitative estimate of drug-likeness (QED) is 0.522. The van der Waals surface area contributed by atoms with Gasteiger partial charge in [0.1, 0.15) is 6.29 Å². The Morgan fingerprint density at radius 2 is 2.40 bits per heavy atom. The minimum Gasteiger partial charge on any atom is -0.313 e. The maximum atomic E-state index is 10.4. The molecule has 3 nitrogen and oxygen atoms in total. The van der Waals surface area contributed by atoms with Crippen LogP contribution in [0.15, 0.2) is 0 Å². The number of likely N-dealkylation sites (N-methyl/N-ethyl adjacent to an activating group) is 1. The molecule has 10 heavy (non-hydrogen) atoms. The highest BCUT2D eigenvalue weighted by molar-refractivity contribution is 5.58. The van der Waals surface area contributed by atoms with Gasteiger partial charge in [0, 0.05) is 0 Å². The average Bonchev–Trinajstić information content (AvgIpc) is 2.10. The van der Waals surface area contributed by atoms with Crippen LogP contribution in [-0.2, 0) is 4.79 Å². The van der Waals surface area contributed by atoms with E-state index < -0.39 is 0 Å². The van der Waals surface area contributed by atoms with E-state index in [0.717, 1.165) is 19.1 Å². The van der Waals surface area contributed by atoms with Gasteiger partial charge >= 0.3 is 0 Å². The van der Waals surface area contributed by atoms with Gasteiger partial charge in [-0.05, 0) is 26.8 Å². The lowest BCUT2D eigenvalue weighted by molar-refractivity contribution is -0.112. The van der Waals surface area contributed by atoms with Gasteiger partial charge in [0.2, 0.25) is 0 Å². The van der Waals surface area contributed by atoms with Crippen LogP contribution in [0, 0.1) is 0 Å². The Morgan fingerprint density at radius 1 is 1.80 bits per heavy atom. The number of carbonyl (C=O) groups excluding carboxylic acids is 1. The van der Waals surface area contributed by atoms with E-state index in [1.165, 1.54) is 0 Å². The zero-order valence-electron chi connectivity index (χ0n) is 6.50. The van der Waals surface area contributed by atoms with Gasteiger partial charge in [-0.3, -0.25) is 4.90 Å². The predicted molar refractivity (Wildman–Crippen MR) is 39.4 cm³/mol. The van der Waals surface area contributed by atoms with Gasteiger partial charge in [-0.25, -0.2) is 0 Å². The fourth-order valence-corrected chi connectivity index (χ4v) is 1.35. The van der Waals surface area contributed by atoms with Crippen LogP contribution in [0.25, 0.3) is 0 Å². The summed E-state index contributed by atoms with van der Waals surface area (Å²) in [7, 11) is 1.89. The Bertz CT molecular complexity index is 145. The van der Waals surface area contributed by atoms with Crippen LogP contribution < -0.4 is 5.73 Å². The molecule has 58 valence electrons. The second-order valence-electron chi connectivity index (χ2n) is 3.21. The van der Waals surface area contributed by atoms with Gasteiger partial charge in [-0.2, -0.15) is 0 Å². The van der Waals surface area contributed by atoms with Crippen LogP contribution in [-0.4, -0.2) is 29.9 Å². The third-order valence-corrected chi connectivity index (χ3v) is 2.41. The highest BCUT2D eigenvalue weighted by Crippen LogP contribution is 2.25. The van der Waals surface area contributed by atoms with Crippen LogP contribution in [0.5, 0.6) is 0 Å². The first-order valence-corrected chi connectivity index (χ1v) is 3.55. The molecular formula is C7H14N2O. The summed E-state index contributed by atoms with van der Waals surface area (Å²) in [6, 6.07) is 0.0370. The number of nitrogens with two attached hydrogens (primary N) is 1. The predicted octanol–water partition coefficient (Wildman–Crippen LogP) is -0.0456. The van der Waals surface area contributed by atoms with Gasteiger partial charge in [0.25, 0.3) is 0 Å². The topological polar surface area (TPSA) is 46.3 Å². The molecule has 0 spiro atoms. The monoisotopic (exact) mass is 142 g/mol. The molecule has 0 radical (unpaired) electrons. The number of nitrogens with zero attached hydrogens (tertiary/aromatic N) is 1. The molecule has 3 heteroatoms. The Hall–Kier alpha value is -0.410. The smallest absolute Gasteiger partial charge is 0.137 e. The van der Waals surface area contributed by atoms with Crippen LogP contribution in [0.3, 0.4) is 0 Å². The Kier molecular flexibility index (Phi) is 1.79. The summed E-state index contributed by atoms with van der Waals surface area (Å²) in [5.74, 6) is 0. The van der Waals surface area contributed by atoms with E-state index in [1.54, 1.807) is 0 Å². The van der Waals surface area contributed by atoms with Crippen molar-refractivity contribution in [1.82, 2.24) is 4.90 Å². The van der Waals surface area contributed by atoms with Gasteiger partial charge in [-0.1, -0.05) is 0 Å². The minimum absolute atomic E-state index is 0.0370. The van der Waals surface area contributed by atoms with Crippen LogP contribution in [0.4, 0.5) is 0 Å². The number of hydrogen-bond acceptors (Lipinski definition) is 3. The van der Waals surface area contributed by atoms with Crippen molar-refractivity contribution in [3.8, 4) is 0 Å². The van der Waals surface area contributed by atoms with Crippen molar-refractivity contribution >= 4 is 6.29 Å². The Labute approximate surface area is 61.2 Å². The molecule has 0 aliphatic carbocycles. The lowest BCUT2D eigenvalue weighted by atomic mass is 10.1. The summed E-state index contributed by atoms with van der Waals surface area (Å²) in [5, 5.41) is 0. The molecule has 2 atom stereocenters. The van der Waals surface area contributed by atoms with E-state index in [2.05, 4.69) is 0 Å². The summed E-state index contributed by atoms with van der Waals surface area (Å²) in [5.41, 5.74) is 5.58. The molecule has 2 unspecified atom stereocenters. The van der Waals surface area contributed by atoms with Crippen molar-refractivity contribution in [3.63, 3.8) is 0 Å². The Balaban J connectivity index is 2.66. The molecule has 1 aliphatic heterocycles. The van der Waals surface area contributed by atoms with Gasteiger partial charge < -0.3 is 10.5 Å². The molecule has 0 aromatic heterocycles. The first kappa shape index (κ1) is 7.69. The van der Waals surface area contributed by atoms with E-state index >= 15 is 0 Å². The average molecular weight is 142 g/mol. The minimum atomic E-state index is -0.272. The number of hydrogen-bond donors (Lipinski definition) is 1. The molecule has 2 N–H and O–H groups in total. The first-order valence-electron chi connectivity index (χ1n) is 3.55. The van der Waals surface area contributed by atoms with Gasteiger partial charge in [0.15, 0.2) is 0 Å². The van der Waals surface area contributed by atoms with E-state index in [9.17, 15) is 4.79 Å². The molecule has 0 bridgehead atoms. The molecule has 1 aliphatic rings. The van der Waals surface area contributed by atoms with E-state index in [4.69, 9.17) is 5.73 Å². The first-order chi connectivity index (χ1) is 4.58.